The molecule has 0 saturated carbocycles. The number of benzene rings is 1. The summed E-state index contributed by atoms with van der Waals surface area (Å²) in [5.41, 5.74) is 9.19. The summed E-state index contributed by atoms with van der Waals surface area (Å²) in [6.45, 7) is 4.51. The molecule has 0 aliphatic rings. The Labute approximate surface area is 108 Å². The van der Waals surface area contributed by atoms with Crippen LogP contribution in [-0.4, -0.2) is 4.98 Å². The Morgan fingerprint density at radius 1 is 1.33 bits per heavy atom. The summed E-state index contributed by atoms with van der Waals surface area (Å²) < 4.78 is 5.85. The van der Waals surface area contributed by atoms with E-state index in [0.717, 1.165) is 16.9 Å². The van der Waals surface area contributed by atoms with E-state index in [1.54, 1.807) is 12.4 Å². The first-order chi connectivity index (χ1) is 8.66. The van der Waals surface area contributed by atoms with Gasteiger partial charge in [-0.05, 0) is 31.5 Å². The normalized spacial score (nSPS) is 12.2. The molecule has 2 rings (SSSR count). The Morgan fingerprint density at radius 3 is 2.83 bits per heavy atom. The van der Waals surface area contributed by atoms with E-state index in [1.165, 1.54) is 5.56 Å². The average molecular weight is 242 g/mol. The molecule has 0 amide bonds. The third-order valence-electron chi connectivity index (χ3n) is 2.78. The number of aryl methyl sites for hydroxylation is 1. The van der Waals surface area contributed by atoms with Crippen molar-refractivity contribution in [2.45, 2.75) is 26.5 Å². The van der Waals surface area contributed by atoms with Crippen molar-refractivity contribution in [3.63, 3.8) is 0 Å². The van der Waals surface area contributed by atoms with Gasteiger partial charge in [-0.1, -0.05) is 18.2 Å². The number of hydrogen-bond donors (Lipinski definition) is 1. The first-order valence-electron chi connectivity index (χ1n) is 6.04. The molecule has 3 heteroatoms. The molecule has 94 valence electrons. The quantitative estimate of drug-likeness (QED) is 0.896. The zero-order valence-corrected chi connectivity index (χ0v) is 10.8. The molecule has 3 nitrogen and oxygen atoms in total. The Morgan fingerprint density at radius 2 is 2.17 bits per heavy atom. The number of rotatable bonds is 4. The molecule has 1 aromatic carbocycles. The molecular weight excluding hydrogens is 224 g/mol. The second-order valence-electron chi connectivity index (χ2n) is 4.48. The van der Waals surface area contributed by atoms with Crippen molar-refractivity contribution in [3.05, 3.63) is 59.4 Å². The van der Waals surface area contributed by atoms with Crippen LogP contribution in [0.5, 0.6) is 5.75 Å². The highest BCUT2D eigenvalue weighted by Crippen LogP contribution is 2.25. The number of pyridine rings is 1. The van der Waals surface area contributed by atoms with Crippen molar-refractivity contribution >= 4 is 0 Å². The van der Waals surface area contributed by atoms with Crippen molar-refractivity contribution in [1.29, 1.82) is 0 Å². The van der Waals surface area contributed by atoms with Crippen molar-refractivity contribution in [2.24, 2.45) is 5.73 Å². The minimum absolute atomic E-state index is 0.0329. The van der Waals surface area contributed by atoms with Gasteiger partial charge < -0.3 is 10.5 Å². The van der Waals surface area contributed by atoms with Crippen LogP contribution in [0.2, 0.25) is 0 Å². The molecule has 1 heterocycles. The molecule has 0 unspecified atom stereocenters. The fourth-order valence-corrected chi connectivity index (χ4v) is 1.79. The van der Waals surface area contributed by atoms with Crippen LogP contribution in [0.3, 0.4) is 0 Å². The second kappa shape index (κ2) is 5.65. The monoisotopic (exact) mass is 242 g/mol. The Bertz CT molecular complexity index is 509. The fraction of sp³-hybridized carbons (Fsp3) is 0.267. The van der Waals surface area contributed by atoms with Crippen LogP contribution in [0.15, 0.2) is 42.7 Å². The molecule has 0 spiro atoms. The molecule has 0 aliphatic heterocycles. The second-order valence-corrected chi connectivity index (χ2v) is 4.48. The summed E-state index contributed by atoms with van der Waals surface area (Å²) in [4.78, 5) is 4.07. The lowest BCUT2D eigenvalue weighted by atomic mass is 10.1. The van der Waals surface area contributed by atoms with Crippen molar-refractivity contribution in [3.8, 4) is 5.75 Å². The molecule has 0 aliphatic carbocycles. The van der Waals surface area contributed by atoms with E-state index < -0.39 is 0 Å². The number of nitrogens with zero attached hydrogens (tertiary/aromatic N) is 1. The van der Waals surface area contributed by atoms with Gasteiger partial charge in [-0.15, -0.1) is 0 Å². The number of hydrogen-bond acceptors (Lipinski definition) is 3. The van der Waals surface area contributed by atoms with Gasteiger partial charge in [-0.3, -0.25) is 4.98 Å². The molecule has 0 radical (unpaired) electrons. The summed E-state index contributed by atoms with van der Waals surface area (Å²) in [7, 11) is 0. The third-order valence-corrected chi connectivity index (χ3v) is 2.78. The zero-order chi connectivity index (χ0) is 13.0. The van der Waals surface area contributed by atoms with Gasteiger partial charge in [0, 0.05) is 29.6 Å². The average Bonchev–Trinajstić information content (AvgIpc) is 2.37. The molecule has 2 N–H and O–H groups in total. The molecule has 18 heavy (non-hydrogen) atoms. The maximum absolute atomic E-state index is 5.94. The van der Waals surface area contributed by atoms with Gasteiger partial charge in [0.05, 0.1) is 0 Å². The molecule has 0 bridgehead atoms. The molecule has 0 saturated heterocycles. The lowest BCUT2D eigenvalue weighted by molar-refractivity contribution is 0.301. The van der Waals surface area contributed by atoms with Gasteiger partial charge in [0.2, 0.25) is 0 Å². The van der Waals surface area contributed by atoms with E-state index in [1.807, 2.05) is 38.1 Å². The maximum atomic E-state index is 5.94. The predicted octanol–water partition coefficient (Wildman–Crippen LogP) is 2.99. The summed E-state index contributed by atoms with van der Waals surface area (Å²) >= 11 is 0. The van der Waals surface area contributed by atoms with Crippen molar-refractivity contribution < 1.29 is 4.74 Å². The van der Waals surface area contributed by atoms with Gasteiger partial charge in [0.15, 0.2) is 0 Å². The van der Waals surface area contributed by atoms with Gasteiger partial charge in [0.1, 0.15) is 12.4 Å². The van der Waals surface area contributed by atoms with E-state index >= 15 is 0 Å². The number of ether oxygens (including phenoxy) is 1. The Hall–Kier alpha value is -1.87. The van der Waals surface area contributed by atoms with Gasteiger partial charge in [-0.2, -0.15) is 0 Å². The van der Waals surface area contributed by atoms with E-state index in [-0.39, 0.29) is 6.04 Å². The van der Waals surface area contributed by atoms with Crippen LogP contribution in [0, 0.1) is 6.92 Å². The SMILES string of the molecule is Cc1ccc([C@@H](C)N)c(OCc2cccnc2)c1. The molecular formula is C15H18N2O. The van der Waals surface area contributed by atoms with Crippen LogP contribution >= 0.6 is 0 Å². The fourth-order valence-electron chi connectivity index (χ4n) is 1.79. The molecule has 1 atom stereocenters. The number of nitrogens with two attached hydrogens (primary N) is 1. The van der Waals surface area contributed by atoms with E-state index in [9.17, 15) is 0 Å². The summed E-state index contributed by atoms with van der Waals surface area (Å²) in [5, 5.41) is 0. The van der Waals surface area contributed by atoms with Gasteiger partial charge in [0.25, 0.3) is 0 Å². The third kappa shape index (κ3) is 3.08. The first kappa shape index (κ1) is 12.6. The lowest BCUT2D eigenvalue weighted by Gasteiger charge is -2.14. The molecule has 2 aromatic rings. The largest absolute Gasteiger partial charge is 0.488 e. The first-order valence-corrected chi connectivity index (χ1v) is 6.04. The minimum Gasteiger partial charge on any atom is -0.488 e. The van der Waals surface area contributed by atoms with Crippen molar-refractivity contribution in [2.75, 3.05) is 0 Å². The summed E-state index contributed by atoms with van der Waals surface area (Å²) in [6.07, 6.45) is 3.56. The van der Waals surface area contributed by atoms with Crippen LogP contribution in [0.25, 0.3) is 0 Å². The highest BCUT2D eigenvalue weighted by molar-refractivity contribution is 5.39. The summed E-state index contributed by atoms with van der Waals surface area (Å²) in [5.74, 6) is 0.855. The standard InChI is InChI=1S/C15H18N2O/c1-11-5-6-14(12(2)16)15(8-11)18-10-13-4-3-7-17-9-13/h3-9,12H,10,16H2,1-2H3/t12-/m1/s1. The van der Waals surface area contributed by atoms with Crippen LogP contribution in [-0.2, 0) is 6.61 Å². The number of aromatic nitrogens is 1. The topological polar surface area (TPSA) is 48.1 Å². The lowest BCUT2D eigenvalue weighted by Crippen LogP contribution is -2.08. The summed E-state index contributed by atoms with van der Waals surface area (Å²) in [6, 6.07) is 9.97. The highest BCUT2D eigenvalue weighted by atomic mass is 16.5. The van der Waals surface area contributed by atoms with Crippen LogP contribution < -0.4 is 10.5 Å². The van der Waals surface area contributed by atoms with Gasteiger partial charge >= 0.3 is 0 Å². The minimum atomic E-state index is -0.0329. The van der Waals surface area contributed by atoms with Crippen LogP contribution in [0.1, 0.15) is 29.7 Å². The Kier molecular flexibility index (Phi) is 3.95. The Balaban J connectivity index is 2.15. The molecule has 0 fully saturated rings. The zero-order valence-electron chi connectivity index (χ0n) is 10.8. The van der Waals surface area contributed by atoms with E-state index in [2.05, 4.69) is 11.1 Å². The van der Waals surface area contributed by atoms with E-state index in [0.29, 0.717) is 6.61 Å². The van der Waals surface area contributed by atoms with Gasteiger partial charge in [-0.25, -0.2) is 0 Å². The van der Waals surface area contributed by atoms with E-state index in [4.69, 9.17) is 10.5 Å². The predicted molar refractivity (Wildman–Crippen MR) is 72.4 cm³/mol. The van der Waals surface area contributed by atoms with Crippen LogP contribution in [0.4, 0.5) is 0 Å². The highest BCUT2D eigenvalue weighted by Gasteiger charge is 2.08. The van der Waals surface area contributed by atoms with Crippen molar-refractivity contribution in [1.82, 2.24) is 4.98 Å². The maximum Gasteiger partial charge on any atom is 0.124 e. The smallest absolute Gasteiger partial charge is 0.124 e. The molecule has 1 aromatic heterocycles.